The third kappa shape index (κ3) is 2.36. The molecule has 0 bridgehead atoms. The van der Waals surface area contributed by atoms with E-state index in [4.69, 9.17) is 17.3 Å². The third-order valence-electron chi connectivity index (χ3n) is 3.20. The van der Waals surface area contributed by atoms with Crippen LogP contribution >= 0.6 is 27.5 Å². The van der Waals surface area contributed by atoms with E-state index in [-0.39, 0.29) is 5.54 Å². The lowest BCUT2D eigenvalue weighted by atomic mass is 9.69. The van der Waals surface area contributed by atoms with Gasteiger partial charge in [0.15, 0.2) is 0 Å². The van der Waals surface area contributed by atoms with Gasteiger partial charge < -0.3 is 11.1 Å². The first-order chi connectivity index (χ1) is 7.54. The zero-order valence-corrected chi connectivity index (χ0v) is 11.6. The van der Waals surface area contributed by atoms with Gasteiger partial charge in [-0.3, -0.25) is 0 Å². The fraction of sp³-hybridized carbons (Fsp3) is 0.500. The van der Waals surface area contributed by atoms with Crippen LogP contribution in [0.15, 0.2) is 22.7 Å². The van der Waals surface area contributed by atoms with Crippen molar-refractivity contribution in [1.29, 1.82) is 0 Å². The van der Waals surface area contributed by atoms with Crippen molar-refractivity contribution in [3.05, 3.63) is 27.7 Å². The van der Waals surface area contributed by atoms with Crippen molar-refractivity contribution in [2.75, 3.05) is 11.9 Å². The minimum absolute atomic E-state index is 0.0900. The number of hydrogen-bond donors (Lipinski definition) is 2. The predicted octanol–water partition coefficient (Wildman–Crippen LogP) is 3.64. The molecule has 0 unspecified atom stereocenters. The van der Waals surface area contributed by atoms with Crippen molar-refractivity contribution in [3.8, 4) is 0 Å². The standard InChI is InChI=1S/C12H16BrClN2/c1-8-5-12(6-8,7-15)16-9-2-3-11(14)10(13)4-9/h2-4,8,16H,5-7,15H2,1H3. The highest BCUT2D eigenvalue weighted by Gasteiger charge is 2.40. The van der Waals surface area contributed by atoms with Crippen molar-refractivity contribution >= 4 is 33.2 Å². The first kappa shape index (κ1) is 12.2. The summed E-state index contributed by atoms with van der Waals surface area (Å²) in [5.74, 6) is 0.770. The van der Waals surface area contributed by atoms with Crippen LogP contribution in [0.2, 0.25) is 5.02 Å². The number of benzene rings is 1. The molecule has 3 N–H and O–H groups in total. The van der Waals surface area contributed by atoms with Gasteiger partial charge in [-0.1, -0.05) is 18.5 Å². The number of nitrogens with two attached hydrogens (primary N) is 1. The molecule has 1 saturated carbocycles. The van der Waals surface area contributed by atoms with Gasteiger partial charge in [0.25, 0.3) is 0 Å². The number of nitrogens with one attached hydrogen (secondary N) is 1. The van der Waals surface area contributed by atoms with Crippen LogP contribution in [0.5, 0.6) is 0 Å². The second-order valence-electron chi connectivity index (χ2n) is 4.75. The molecule has 88 valence electrons. The monoisotopic (exact) mass is 302 g/mol. The zero-order chi connectivity index (χ0) is 11.8. The number of rotatable bonds is 3. The highest BCUT2D eigenvalue weighted by molar-refractivity contribution is 9.10. The Morgan fingerprint density at radius 3 is 2.75 bits per heavy atom. The SMILES string of the molecule is CC1CC(CN)(Nc2ccc(Cl)c(Br)c2)C1. The van der Waals surface area contributed by atoms with E-state index in [9.17, 15) is 0 Å². The summed E-state index contributed by atoms with van der Waals surface area (Å²) in [6.07, 6.45) is 2.29. The minimum Gasteiger partial charge on any atom is -0.378 e. The van der Waals surface area contributed by atoms with Crippen LogP contribution in [0.4, 0.5) is 5.69 Å². The summed E-state index contributed by atoms with van der Waals surface area (Å²) in [4.78, 5) is 0. The molecule has 16 heavy (non-hydrogen) atoms. The molecule has 0 radical (unpaired) electrons. The van der Waals surface area contributed by atoms with Crippen molar-refractivity contribution in [2.45, 2.75) is 25.3 Å². The second-order valence-corrected chi connectivity index (χ2v) is 6.01. The fourth-order valence-corrected chi connectivity index (χ4v) is 2.97. The molecule has 0 heterocycles. The van der Waals surface area contributed by atoms with Gasteiger partial charge in [-0.25, -0.2) is 0 Å². The molecular weight excluding hydrogens is 288 g/mol. The maximum Gasteiger partial charge on any atom is 0.0549 e. The Bertz CT molecular complexity index is 389. The summed E-state index contributed by atoms with van der Waals surface area (Å²) in [5, 5.41) is 4.26. The van der Waals surface area contributed by atoms with Crippen molar-refractivity contribution in [1.82, 2.24) is 0 Å². The van der Waals surface area contributed by atoms with E-state index in [0.717, 1.165) is 33.9 Å². The van der Waals surface area contributed by atoms with E-state index in [1.807, 2.05) is 18.2 Å². The zero-order valence-electron chi connectivity index (χ0n) is 9.26. The summed E-state index contributed by atoms with van der Waals surface area (Å²) in [6.45, 7) is 2.94. The maximum absolute atomic E-state index is 5.96. The van der Waals surface area contributed by atoms with E-state index >= 15 is 0 Å². The van der Waals surface area contributed by atoms with Crippen LogP contribution in [0, 0.1) is 5.92 Å². The summed E-state index contributed by atoms with van der Waals surface area (Å²) < 4.78 is 0.915. The average molecular weight is 304 g/mol. The maximum atomic E-state index is 5.96. The highest BCUT2D eigenvalue weighted by Crippen LogP contribution is 2.40. The lowest BCUT2D eigenvalue weighted by Crippen LogP contribution is -2.54. The van der Waals surface area contributed by atoms with Crippen LogP contribution in [-0.2, 0) is 0 Å². The Labute approximate surface area is 110 Å². The van der Waals surface area contributed by atoms with Crippen molar-refractivity contribution < 1.29 is 0 Å². The summed E-state index contributed by atoms with van der Waals surface area (Å²) >= 11 is 9.38. The number of halogens is 2. The molecule has 1 aromatic carbocycles. The Kier molecular flexibility index (Phi) is 3.48. The number of anilines is 1. The molecular formula is C12H16BrClN2. The molecule has 0 atom stereocenters. The molecule has 0 aromatic heterocycles. The van der Waals surface area contributed by atoms with Crippen molar-refractivity contribution in [3.63, 3.8) is 0 Å². The van der Waals surface area contributed by atoms with Crippen LogP contribution in [0.3, 0.4) is 0 Å². The molecule has 4 heteroatoms. The molecule has 1 fully saturated rings. The molecule has 1 aliphatic carbocycles. The molecule has 0 aliphatic heterocycles. The van der Waals surface area contributed by atoms with E-state index < -0.39 is 0 Å². The first-order valence-corrected chi connectivity index (χ1v) is 6.65. The molecule has 1 aromatic rings. The Hall–Kier alpha value is -0.250. The predicted molar refractivity (Wildman–Crippen MR) is 73.0 cm³/mol. The lowest BCUT2D eigenvalue weighted by Gasteiger charge is -2.47. The van der Waals surface area contributed by atoms with Crippen LogP contribution in [0.25, 0.3) is 0 Å². The van der Waals surface area contributed by atoms with E-state index in [1.54, 1.807) is 0 Å². The van der Waals surface area contributed by atoms with Gasteiger partial charge in [0, 0.05) is 16.7 Å². The van der Waals surface area contributed by atoms with Gasteiger partial charge in [0.2, 0.25) is 0 Å². The lowest BCUT2D eigenvalue weighted by molar-refractivity contribution is 0.194. The van der Waals surface area contributed by atoms with Crippen LogP contribution in [0.1, 0.15) is 19.8 Å². The molecule has 1 aliphatic rings. The largest absolute Gasteiger partial charge is 0.378 e. The minimum atomic E-state index is 0.0900. The van der Waals surface area contributed by atoms with E-state index in [1.165, 1.54) is 0 Å². The molecule has 2 nitrogen and oxygen atoms in total. The Morgan fingerprint density at radius 1 is 1.56 bits per heavy atom. The molecule has 2 rings (SSSR count). The highest BCUT2D eigenvalue weighted by atomic mass is 79.9. The summed E-state index contributed by atoms with van der Waals surface area (Å²) in [7, 11) is 0. The normalized spacial score (nSPS) is 28.6. The van der Waals surface area contributed by atoms with Gasteiger partial charge >= 0.3 is 0 Å². The number of hydrogen-bond acceptors (Lipinski definition) is 2. The van der Waals surface area contributed by atoms with Crippen LogP contribution in [-0.4, -0.2) is 12.1 Å². The van der Waals surface area contributed by atoms with Crippen LogP contribution < -0.4 is 11.1 Å². The third-order valence-corrected chi connectivity index (χ3v) is 4.41. The molecule has 0 amide bonds. The van der Waals surface area contributed by atoms with Crippen molar-refractivity contribution in [2.24, 2.45) is 11.7 Å². The summed E-state index contributed by atoms with van der Waals surface area (Å²) in [6, 6.07) is 5.89. The van der Waals surface area contributed by atoms with E-state index in [0.29, 0.717) is 6.54 Å². The second kappa shape index (κ2) is 4.55. The summed E-state index contributed by atoms with van der Waals surface area (Å²) in [5.41, 5.74) is 7.01. The topological polar surface area (TPSA) is 38.0 Å². The molecule has 0 spiro atoms. The first-order valence-electron chi connectivity index (χ1n) is 5.48. The van der Waals surface area contributed by atoms with Gasteiger partial charge in [-0.05, 0) is 52.9 Å². The van der Waals surface area contributed by atoms with Gasteiger partial charge in [0.05, 0.1) is 10.6 Å². The Balaban J connectivity index is 2.11. The van der Waals surface area contributed by atoms with Gasteiger partial charge in [-0.2, -0.15) is 0 Å². The smallest absolute Gasteiger partial charge is 0.0549 e. The molecule has 0 saturated heterocycles. The van der Waals surface area contributed by atoms with Gasteiger partial charge in [0.1, 0.15) is 0 Å². The average Bonchev–Trinajstić information content (AvgIpc) is 2.21. The van der Waals surface area contributed by atoms with E-state index in [2.05, 4.69) is 28.2 Å². The Morgan fingerprint density at radius 2 is 2.25 bits per heavy atom. The van der Waals surface area contributed by atoms with Gasteiger partial charge in [-0.15, -0.1) is 0 Å². The quantitative estimate of drug-likeness (QED) is 0.894. The fourth-order valence-electron chi connectivity index (χ4n) is 2.47.